The van der Waals surface area contributed by atoms with Crippen molar-refractivity contribution in [3.8, 4) is 0 Å². The van der Waals surface area contributed by atoms with Gasteiger partial charge in [-0.15, -0.1) is 0 Å². The van der Waals surface area contributed by atoms with Crippen LogP contribution in [0.25, 0.3) is 0 Å². The van der Waals surface area contributed by atoms with E-state index < -0.39 is 18.7 Å². The minimum absolute atomic E-state index is 0.0617. The molecule has 2 heteroatoms. The van der Waals surface area contributed by atoms with Crippen LogP contribution in [0.1, 0.15) is 102 Å². The number of unbranched alkanes of at least 4 members (excludes halogenated alkanes) is 9. The van der Waals surface area contributed by atoms with E-state index in [1.165, 1.54) is 38.5 Å². The molecule has 0 aliphatic rings. The molecule has 0 fully saturated rings. The maximum Gasteiger partial charge on any atom is 0.303 e. The Bertz CT molecular complexity index is 368. The molecule has 20 heavy (non-hydrogen) atoms. The van der Waals surface area contributed by atoms with Crippen LogP contribution in [-0.2, 0) is 4.79 Å². The van der Waals surface area contributed by atoms with Gasteiger partial charge in [0.1, 0.15) is 0 Å². The molecule has 0 heterocycles. The molecular formula is C18H34O2. The van der Waals surface area contributed by atoms with Gasteiger partial charge in [-0.2, -0.15) is 0 Å². The number of allylic oxidation sites excluding steroid dienone is 2. The van der Waals surface area contributed by atoms with Crippen LogP contribution in [0, 0.1) is 0 Å². The summed E-state index contributed by atoms with van der Waals surface area (Å²) in [5.74, 6) is -1.73. The molecule has 0 aromatic carbocycles. The van der Waals surface area contributed by atoms with Crippen LogP contribution in [0.4, 0.5) is 0 Å². The normalized spacial score (nSPS) is 15.7. The van der Waals surface area contributed by atoms with Crippen LogP contribution in [-0.4, -0.2) is 11.1 Å². The summed E-state index contributed by atoms with van der Waals surface area (Å²) in [6.07, 6.45) is 11.3. The van der Waals surface area contributed by atoms with Crippen LogP contribution < -0.4 is 0 Å². The summed E-state index contributed by atoms with van der Waals surface area (Å²) >= 11 is 0. The van der Waals surface area contributed by atoms with Crippen molar-refractivity contribution in [1.82, 2.24) is 0 Å². The summed E-state index contributed by atoms with van der Waals surface area (Å²) in [5.41, 5.74) is 0. The fraction of sp³-hybridized carbons (Fsp3) is 0.833. The Morgan fingerprint density at radius 3 is 1.95 bits per heavy atom. The van der Waals surface area contributed by atoms with Crippen molar-refractivity contribution in [3.63, 3.8) is 0 Å². The molecule has 0 aromatic rings. The maximum absolute atomic E-state index is 10.8. The molecule has 118 valence electrons. The summed E-state index contributed by atoms with van der Waals surface area (Å²) in [4.78, 5) is 10.8. The Hall–Kier alpha value is -0.790. The first kappa shape index (κ1) is 12.9. The van der Waals surface area contributed by atoms with E-state index in [9.17, 15) is 4.79 Å². The van der Waals surface area contributed by atoms with Crippen molar-refractivity contribution in [2.45, 2.75) is 96.7 Å². The summed E-state index contributed by atoms with van der Waals surface area (Å²) in [6, 6.07) is 0. The molecule has 0 rings (SSSR count). The van der Waals surface area contributed by atoms with Crippen molar-refractivity contribution < 1.29 is 15.4 Å². The van der Waals surface area contributed by atoms with Gasteiger partial charge < -0.3 is 5.11 Å². The zero-order valence-electron chi connectivity index (χ0n) is 17.0. The summed E-state index contributed by atoms with van der Waals surface area (Å²) < 4.78 is 29.9. The first-order valence-corrected chi connectivity index (χ1v) is 8.14. The highest BCUT2D eigenvalue weighted by molar-refractivity contribution is 5.66. The van der Waals surface area contributed by atoms with Crippen LogP contribution in [0.3, 0.4) is 0 Å². The average Bonchev–Trinajstić information content (AvgIpc) is 2.51. The zero-order chi connectivity index (χ0) is 18.5. The number of aliphatic carboxylic acids is 1. The second-order valence-electron chi connectivity index (χ2n) is 5.23. The molecular weight excluding hydrogens is 248 g/mol. The van der Waals surface area contributed by atoms with Crippen LogP contribution >= 0.6 is 0 Å². The lowest BCUT2D eigenvalue weighted by molar-refractivity contribution is -0.137. The maximum atomic E-state index is 10.8. The van der Waals surface area contributed by atoms with Crippen LogP contribution in [0.15, 0.2) is 12.2 Å². The van der Waals surface area contributed by atoms with Gasteiger partial charge in [-0.1, -0.05) is 70.4 Å². The SMILES string of the molecule is [2H]C([2H])(CCCCC/C=C\CCCCCCCC)C([2H])([2H])C(=O)O. The lowest BCUT2D eigenvalue weighted by Gasteiger charge is -1.99. The predicted octanol–water partition coefficient (Wildman–Crippen LogP) is 6.11. The van der Waals surface area contributed by atoms with E-state index in [2.05, 4.69) is 19.1 Å². The van der Waals surface area contributed by atoms with Crippen LogP contribution in [0.5, 0.6) is 0 Å². The highest BCUT2D eigenvalue weighted by Crippen LogP contribution is 2.09. The van der Waals surface area contributed by atoms with Crippen molar-refractivity contribution in [2.75, 3.05) is 0 Å². The fourth-order valence-electron chi connectivity index (χ4n) is 2.07. The molecule has 0 saturated heterocycles. The lowest BCUT2D eigenvalue weighted by Crippen LogP contribution is -1.93. The fourth-order valence-corrected chi connectivity index (χ4v) is 2.07. The van der Waals surface area contributed by atoms with E-state index in [1.807, 2.05) is 0 Å². The molecule has 0 radical (unpaired) electrons. The van der Waals surface area contributed by atoms with Gasteiger partial charge in [0.2, 0.25) is 0 Å². The van der Waals surface area contributed by atoms with Gasteiger partial charge in [-0.25, -0.2) is 0 Å². The number of rotatable bonds is 15. The largest absolute Gasteiger partial charge is 0.481 e. The number of carboxylic acid groups (broad SMARTS) is 1. The Morgan fingerprint density at radius 2 is 1.40 bits per heavy atom. The smallest absolute Gasteiger partial charge is 0.303 e. The van der Waals surface area contributed by atoms with Gasteiger partial charge in [-0.05, 0) is 32.1 Å². The minimum Gasteiger partial charge on any atom is -0.481 e. The van der Waals surface area contributed by atoms with Gasteiger partial charge in [0.25, 0.3) is 0 Å². The Balaban J connectivity index is 3.63. The van der Waals surface area contributed by atoms with E-state index in [0.717, 1.165) is 25.7 Å². The minimum atomic E-state index is -2.83. The molecule has 1 N–H and O–H groups in total. The van der Waals surface area contributed by atoms with E-state index in [4.69, 9.17) is 10.6 Å². The average molecular weight is 286 g/mol. The summed E-state index contributed by atoms with van der Waals surface area (Å²) in [5, 5.41) is 8.76. The predicted molar refractivity (Wildman–Crippen MR) is 87.1 cm³/mol. The van der Waals surface area contributed by atoms with Crippen LogP contribution in [0.2, 0.25) is 0 Å². The monoisotopic (exact) mass is 286 g/mol. The molecule has 0 unspecified atom stereocenters. The van der Waals surface area contributed by atoms with Gasteiger partial charge in [0.05, 0.1) is 0 Å². The number of carbonyl (C=O) groups is 1. The van der Waals surface area contributed by atoms with Crippen molar-refractivity contribution in [3.05, 3.63) is 12.2 Å². The first-order chi connectivity index (χ1) is 11.3. The topological polar surface area (TPSA) is 37.3 Å². The van der Waals surface area contributed by atoms with E-state index in [-0.39, 0.29) is 6.42 Å². The Kier molecular flexibility index (Phi) is 10.5. The van der Waals surface area contributed by atoms with E-state index in [0.29, 0.717) is 6.42 Å². The highest BCUT2D eigenvalue weighted by atomic mass is 16.4. The van der Waals surface area contributed by atoms with Crippen molar-refractivity contribution in [2.24, 2.45) is 0 Å². The first-order valence-electron chi connectivity index (χ1n) is 10.1. The second kappa shape index (κ2) is 16.3. The highest BCUT2D eigenvalue weighted by Gasteiger charge is 1.95. The molecule has 0 bridgehead atoms. The zero-order valence-corrected chi connectivity index (χ0v) is 13.0. The van der Waals surface area contributed by atoms with E-state index >= 15 is 0 Å². The number of hydrogen-bond donors (Lipinski definition) is 1. The van der Waals surface area contributed by atoms with Gasteiger partial charge in [-0.3, -0.25) is 4.79 Å². The van der Waals surface area contributed by atoms with Crippen molar-refractivity contribution >= 4 is 5.97 Å². The second-order valence-corrected chi connectivity index (χ2v) is 5.23. The summed E-state index contributed by atoms with van der Waals surface area (Å²) in [7, 11) is 0. The molecule has 0 aliphatic heterocycles. The third kappa shape index (κ3) is 17.2. The van der Waals surface area contributed by atoms with Crippen molar-refractivity contribution in [1.29, 1.82) is 0 Å². The quantitative estimate of drug-likeness (QED) is 0.291. The molecule has 0 saturated carbocycles. The standard InChI is InChI=1S/C18H34O2/c1-2-3-4-5-6-7-8-9-10-11-12-13-14-15-16-17-18(19)20/h9-10H,2-8,11-17H2,1H3,(H,19,20)/b10-9-/i16D2,17D2. The Labute approximate surface area is 131 Å². The molecule has 0 atom stereocenters. The molecule has 0 aromatic heterocycles. The van der Waals surface area contributed by atoms with Gasteiger partial charge >= 0.3 is 5.97 Å². The molecule has 0 spiro atoms. The van der Waals surface area contributed by atoms with E-state index in [1.54, 1.807) is 0 Å². The molecule has 0 aliphatic carbocycles. The Morgan fingerprint density at radius 1 is 0.900 bits per heavy atom. The third-order valence-electron chi connectivity index (χ3n) is 3.26. The third-order valence-corrected chi connectivity index (χ3v) is 3.26. The number of hydrogen-bond acceptors (Lipinski definition) is 1. The lowest BCUT2D eigenvalue weighted by atomic mass is 10.1. The summed E-state index contributed by atoms with van der Waals surface area (Å²) in [6.45, 7) is 2.22. The molecule has 0 amide bonds. The molecule has 2 nitrogen and oxygen atoms in total. The van der Waals surface area contributed by atoms with Gasteiger partial charge in [0, 0.05) is 11.9 Å². The number of carboxylic acids is 1. The van der Waals surface area contributed by atoms with Gasteiger partial charge in [0.15, 0.2) is 0 Å².